The normalized spacial score (nSPS) is 10.3. The molecule has 0 aromatic heterocycles. The van der Waals surface area contributed by atoms with E-state index < -0.39 is 0 Å². The van der Waals surface area contributed by atoms with Gasteiger partial charge in [0.1, 0.15) is 5.75 Å². The summed E-state index contributed by atoms with van der Waals surface area (Å²) in [6.45, 7) is 0.864. The molecular weight excluding hydrogens is 221 g/mol. The average Bonchev–Trinajstić information content (AvgIpc) is 2.18. The lowest BCUT2D eigenvalue weighted by Gasteiger charge is -2.09. The molecule has 14 heavy (non-hydrogen) atoms. The van der Waals surface area contributed by atoms with Crippen molar-refractivity contribution < 1.29 is 4.74 Å². The number of rotatable bonds is 4. The van der Waals surface area contributed by atoms with Crippen LogP contribution in [0.5, 0.6) is 5.75 Å². The minimum Gasteiger partial charge on any atom is -0.495 e. The summed E-state index contributed by atoms with van der Waals surface area (Å²) in [6, 6.07) is 3.58. The van der Waals surface area contributed by atoms with Crippen LogP contribution in [-0.2, 0) is 6.42 Å². The SMILES string of the molecule is CNCCc1cc(Cl)cc(OC)c1Cl. The van der Waals surface area contributed by atoms with Crippen LogP contribution in [0.15, 0.2) is 12.1 Å². The second kappa shape index (κ2) is 5.44. The lowest BCUT2D eigenvalue weighted by molar-refractivity contribution is 0.414. The van der Waals surface area contributed by atoms with Gasteiger partial charge in [-0.15, -0.1) is 0 Å². The van der Waals surface area contributed by atoms with Gasteiger partial charge in [0.25, 0.3) is 0 Å². The van der Waals surface area contributed by atoms with E-state index in [-0.39, 0.29) is 0 Å². The number of methoxy groups -OCH3 is 1. The molecule has 0 amide bonds. The Morgan fingerprint density at radius 2 is 2.07 bits per heavy atom. The molecule has 0 aliphatic heterocycles. The van der Waals surface area contributed by atoms with Crippen LogP contribution >= 0.6 is 23.2 Å². The maximum absolute atomic E-state index is 6.11. The predicted octanol–water partition coefficient (Wildman–Crippen LogP) is 2.76. The minimum atomic E-state index is 0.630. The van der Waals surface area contributed by atoms with Gasteiger partial charge in [0.15, 0.2) is 0 Å². The molecule has 1 aromatic rings. The third-order valence-electron chi connectivity index (χ3n) is 1.94. The molecule has 0 aliphatic rings. The smallest absolute Gasteiger partial charge is 0.139 e. The Balaban J connectivity index is 2.96. The van der Waals surface area contributed by atoms with Crippen molar-refractivity contribution >= 4 is 23.2 Å². The summed E-state index contributed by atoms with van der Waals surface area (Å²) in [6.07, 6.45) is 0.840. The fraction of sp³-hybridized carbons (Fsp3) is 0.400. The van der Waals surface area contributed by atoms with E-state index in [9.17, 15) is 0 Å². The van der Waals surface area contributed by atoms with Gasteiger partial charge in [0.05, 0.1) is 12.1 Å². The van der Waals surface area contributed by atoms with Crippen LogP contribution in [0.25, 0.3) is 0 Å². The van der Waals surface area contributed by atoms with Crippen LogP contribution in [0.3, 0.4) is 0 Å². The van der Waals surface area contributed by atoms with Crippen molar-refractivity contribution in [3.63, 3.8) is 0 Å². The van der Waals surface area contributed by atoms with Crippen molar-refractivity contribution in [1.82, 2.24) is 5.32 Å². The van der Waals surface area contributed by atoms with Gasteiger partial charge in [-0.25, -0.2) is 0 Å². The van der Waals surface area contributed by atoms with Gasteiger partial charge >= 0.3 is 0 Å². The standard InChI is InChI=1S/C10H13Cl2NO/c1-13-4-3-7-5-8(11)6-9(14-2)10(7)12/h5-6,13H,3-4H2,1-2H3. The second-order valence-corrected chi connectivity index (χ2v) is 3.75. The Hall–Kier alpha value is -0.440. The number of nitrogens with one attached hydrogen (secondary N) is 1. The monoisotopic (exact) mass is 233 g/mol. The van der Waals surface area contributed by atoms with Crippen molar-refractivity contribution in [2.75, 3.05) is 20.7 Å². The van der Waals surface area contributed by atoms with Crippen molar-refractivity contribution in [2.24, 2.45) is 0 Å². The van der Waals surface area contributed by atoms with Gasteiger partial charge in [0.2, 0.25) is 0 Å². The fourth-order valence-electron chi connectivity index (χ4n) is 1.21. The van der Waals surface area contributed by atoms with Crippen molar-refractivity contribution in [2.45, 2.75) is 6.42 Å². The fourth-order valence-corrected chi connectivity index (χ4v) is 1.72. The highest BCUT2D eigenvalue weighted by Crippen LogP contribution is 2.31. The van der Waals surface area contributed by atoms with Gasteiger partial charge in [0, 0.05) is 11.1 Å². The molecule has 78 valence electrons. The first-order valence-electron chi connectivity index (χ1n) is 4.35. The lowest BCUT2D eigenvalue weighted by atomic mass is 10.1. The lowest BCUT2D eigenvalue weighted by Crippen LogP contribution is -2.10. The zero-order valence-corrected chi connectivity index (χ0v) is 9.74. The molecule has 2 nitrogen and oxygen atoms in total. The molecule has 0 aliphatic carbocycles. The van der Waals surface area contributed by atoms with E-state index in [4.69, 9.17) is 27.9 Å². The van der Waals surface area contributed by atoms with Crippen LogP contribution in [0.2, 0.25) is 10.0 Å². The Bertz CT molecular complexity index is 315. The van der Waals surface area contributed by atoms with Crippen molar-refractivity contribution in [1.29, 1.82) is 0 Å². The zero-order valence-electron chi connectivity index (χ0n) is 8.23. The first kappa shape index (κ1) is 11.6. The summed E-state index contributed by atoms with van der Waals surface area (Å²) in [5.74, 6) is 0.630. The third-order valence-corrected chi connectivity index (χ3v) is 2.59. The highest BCUT2D eigenvalue weighted by atomic mass is 35.5. The number of halogens is 2. The van der Waals surface area contributed by atoms with E-state index in [1.807, 2.05) is 13.1 Å². The largest absolute Gasteiger partial charge is 0.495 e. The summed E-state index contributed by atoms with van der Waals surface area (Å²) in [5, 5.41) is 4.35. The van der Waals surface area contributed by atoms with Gasteiger partial charge in [-0.3, -0.25) is 0 Å². The van der Waals surface area contributed by atoms with E-state index in [1.54, 1.807) is 13.2 Å². The number of hydrogen-bond donors (Lipinski definition) is 1. The quantitative estimate of drug-likeness (QED) is 0.864. The van der Waals surface area contributed by atoms with E-state index in [2.05, 4.69) is 5.32 Å². The first-order chi connectivity index (χ1) is 6.69. The van der Waals surface area contributed by atoms with Gasteiger partial charge in [-0.2, -0.15) is 0 Å². The summed E-state index contributed by atoms with van der Waals surface area (Å²) in [5.41, 5.74) is 1.00. The van der Waals surface area contributed by atoms with Crippen molar-refractivity contribution in [3.05, 3.63) is 27.7 Å². The maximum atomic E-state index is 6.11. The van der Waals surface area contributed by atoms with Crippen LogP contribution in [0, 0.1) is 0 Å². The molecule has 1 aromatic carbocycles. The first-order valence-corrected chi connectivity index (χ1v) is 5.11. The summed E-state index contributed by atoms with van der Waals surface area (Å²) in [4.78, 5) is 0. The summed E-state index contributed by atoms with van der Waals surface area (Å²) >= 11 is 12.0. The molecule has 0 saturated heterocycles. The topological polar surface area (TPSA) is 21.3 Å². The predicted molar refractivity (Wildman–Crippen MR) is 60.6 cm³/mol. The van der Waals surface area contributed by atoms with Gasteiger partial charge < -0.3 is 10.1 Å². The van der Waals surface area contributed by atoms with E-state index >= 15 is 0 Å². The van der Waals surface area contributed by atoms with Crippen LogP contribution in [0.4, 0.5) is 0 Å². The third kappa shape index (κ3) is 2.77. The van der Waals surface area contributed by atoms with Crippen LogP contribution in [-0.4, -0.2) is 20.7 Å². The van der Waals surface area contributed by atoms with Gasteiger partial charge in [-0.05, 0) is 31.6 Å². The highest BCUT2D eigenvalue weighted by molar-refractivity contribution is 6.34. The minimum absolute atomic E-state index is 0.630. The van der Waals surface area contributed by atoms with E-state index in [0.717, 1.165) is 18.5 Å². The molecule has 0 bridgehead atoms. The second-order valence-electron chi connectivity index (χ2n) is 2.93. The molecule has 0 unspecified atom stereocenters. The number of likely N-dealkylation sites (N-methyl/N-ethyl adjacent to an activating group) is 1. The number of hydrogen-bond acceptors (Lipinski definition) is 2. The highest BCUT2D eigenvalue weighted by Gasteiger charge is 2.08. The molecule has 0 radical (unpaired) electrons. The molecule has 0 atom stereocenters. The molecule has 0 spiro atoms. The number of benzene rings is 1. The Morgan fingerprint density at radius 1 is 1.36 bits per heavy atom. The Morgan fingerprint density at radius 3 is 2.64 bits per heavy atom. The number of ether oxygens (including phenoxy) is 1. The molecule has 0 saturated carbocycles. The molecule has 4 heteroatoms. The molecule has 0 heterocycles. The molecule has 1 N–H and O–H groups in total. The van der Waals surface area contributed by atoms with E-state index in [1.165, 1.54) is 0 Å². The Kier molecular flexibility index (Phi) is 4.52. The van der Waals surface area contributed by atoms with Gasteiger partial charge in [-0.1, -0.05) is 23.2 Å². The molecule has 0 fully saturated rings. The molecular formula is C10H13Cl2NO. The van der Waals surface area contributed by atoms with Crippen LogP contribution in [0.1, 0.15) is 5.56 Å². The summed E-state index contributed by atoms with van der Waals surface area (Å²) < 4.78 is 5.11. The van der Waals surface area contributed by atoms with Crippen LogP contribution < -0.4 is 10.1 Å². The van der Waals surface area contributed by atoms with Crippen molar-refractivity contribution in [3.8, 4) is 5.75 Å². The summed E-state index contributed by atoms with van der Waals surface area (Å²) in [7, 11) is 3.48. The average molecular weight is 234 g/mol. The Labute approximate surface area is 94.2 Å². The van der Waals surface area contributed by atoms with E-state index in [0.29, 0.717) is 15.8 Å². The molecule has 1 rings (SSSR count). The maximum Gasteiger partial charge on any atom is 0.139 e. The zero-order chi connectivity index (χ0) is 10.6.